The first-order chi connectivity index (χ1) is 6.61. The second-order valence-corrected chi connectivity index (χ2v) is 4.06. The number of hydrogen-bond donors (Lipinski definition) is 0. The summed E-state index contributed by atoms with van der Waals surface area (Å²) < 4.78 is 0. The average molecular weight is 192 g/mol. The van der Waals surface area contributed by atoms with Gasteiger partial charge in [-0.25, -0.2) is 0 Å². The molecule has 0 N–H and O–H groups in total. The van der Waals surface area contributed by atoms with Crippen LogP contribution in [0.1, 0.15) is 46.5 Å². The molecule has 0 spiro atoms. The van der Waals surface area contributed by atoms with E-state index in [4.69, 9.17) is 0 Å². The molecule has 0 aromatic heterocycles. The van der Waals surface area contributed by atoms with E-state index >= 15 is 0 Å². The van der Waals surface area contributed by atoms with E-state index < -0.39 is 0 Å². The fourth-order valence-corrected chi connectivity index (χ4v) is 1.46. The van der Waals surface area contributed by atoms with Crippen LogP contribution in [0.2, 0.25) is 0 Å². The highest BCUT2D eigenvalue weighted by Crippen LogP contribution is 2.17. The van der Waals surface area contributed by atoms with E-state index in [1.807, 2.05) is 6.08 Å². The number of hydrogen-bond acceptors (Lipinski definition) is 0. The molecule has 0 radical (unpaired) electrons. The summed E-state index contributed by atoms with van der Waals surface area (Å²) in [6.45, 7) is 14.5. The predicted octanol–water partition coefficient (Wildman–Crippen LogP) is 4.89. The van der Waals surface area contributed by atoms with Gasteiger partial charge in [-0.05, 0) is 32.1 Å². The summed E-state index contributed by atoms with van der Waals surface area (Å²) >= 11 is 0. The smallest absolute Gasteiger partial charge is 0.0222 e. The van der Waals surface area contributed by atoms with Crippen molar-refractivity contribution in [3.63, 3.8) is 0 Å². The third-order valence-electron chi connectivity index (χ3n) is 2.46. The summed E-state index contributed by atoms with van der Waals surface area (Å²) in [5, 5.41) is 0. The maximum atomic E-state index is 4.11. The molecule has 0 amide bonds. The van der Waals surface area contributed by atoms with Gasteiger partial charge in [0.1, 0.15) is 0 Å². The fourth-order valence-electron chi connectivity index (χ4n) is 1.46. The lowest BCUT2D eigenvalue weighted by Gasteiger charge is -2.08. The molecule has 0 aliphatic carbocycles. The normalized spacial score (nSPS) is 13.8. The highest BCUT2D eigenvalue weighted by atomic mass is 14.1. The minimum atomic E-state index is 0.589. The zero-order valence-electron chi connectivity index (χ0n) is 9.97. The summed E-state index contributed by atoms with van der Waals surface area (Å²) in [5.41, 5.74) is 2.65. The summed E-state index contributed by atoms with van der Waals surface area (Å²) in [6, 6.07) is 0. The van der Waals surface area contributed by atoms with Gasteiger partial charge in [0.05, 0.1) is 0 Å². The lowest BCUT2D eigenvalue weighted by Crippen LogP contribution is -1.91. The van der Waals surface area contributed by atoms with Crippen molar-refractivity contribution in [3.8, 4) is 0 Å². The van der Waals surface area contributed by atoms with Crippen LogP contribution < -0.4 is 0 Å². The van der Waals surface area contributed by atoms with Crippen molar-refractivity contribution >= 4 is 0 Å². The predicted molar refractivity (Wildman–Crippen MR) is 66.4 cm³/mol. The maximum Gasteiger partial charge on any atom is -0.0222 e. The lowest BCUT2D eigenvalue weighted by molar-refractivity contribution is 0.734. The van der Waals surface area contributed by atoms with Gasteiger partial charge in [0, 0.05) is 0 Å². The van der Waals surface area contributed by atoms with Crippen molar-refractivity contribution in [2.45, 2.75) is 46.5 Å². The Morgan fingerprint density at radius 1 is 1.43 bits per heavy atom. The number of unbranched alkanes of at least 4 members (excludes halogenated alkanes) is 1. The molecule has 0 saturated carbocycles. The topological polar surface area (TPSA) is 0 Å². The molecule has 0 saturated heterocycles. The molecule has 1 atom stereocenters. The first-order valence-corrected chi connectivity index (χ1v) is 5.59. The molecule has 0 aliphatic rings. The van der Waals surface area contributed by atoms with Gasteiger partial charge in [-0.2, -0.15) is 0 Å². The zero-order chi connectivity index (χ0) is 11.0. The van der Waals surface area contributed by atoms with Gasteiger partial charge in [-0.3, -0.25) is 0 Å². The standard InChI is InChI=1S/C14H24/c1-6-8-10-13(4)14(5)11-12(3)9-7-2/h7,11-12H,2,4,6,8-10H2,1,3,5H3. The quantitative estimate of drug-likeness (QED) is 0.398. The minimum absolute atomic E-state index is 0.589. The van der Waals surface area contributed by atoms with Crippen molar-refractivity contribution in [2.24, 2.45) is 5.92 Å². The molecule has 0 aromatic rings. The number of allylic oxidation sites excluding steroid dienone is 4. The van der Waals surface area contributed by atoms with E-state index in [0.717, 1.165) is 12.8 Å². The van der Waals surface area contributed by atoms with Crippen molar-refractivity contribution in [1.82, 2.24) is 0 Å². The summed E-state index contributed by atoms with van der Waals surface area (Å²) in [6.07, 6.45) is 8.97. The van der Waals surface area contributed by atoms with Crippen LogP contribution in [0.25, 0.3) is 0 Å². The molecule has 0 nitrogen and oxygen atoms in total. The van der Waals surface area contributed by atoms with Crippen molar-refractivity contribution < 1.29 is 0 Å². The lowest BCUT2D eigenvalue weighted by atomic mass is 9.98. The zero-order valence-corrected chi connectivity index (χ0v) is 9.97. The van der Waals surface area contributed by atoms with Gasteiger partial charge in [0.2, 0.25) is 0 Å². The first-order valence-electron chi connectivity index (χ1n) is 5.59. The second-order valence-electron chi connectivity index (χ2n) is 4.06. The molecule has 0 fully saturated rings. The molecule has 1 unspecified atom stereocenters. The third kappa shape index (κ3) is 5.80. The van der Waals surface area contributed by atoms with Crippen molar-refractivity contribution in [1.29, 1.82) is 0 Å². The summed E-state index contributed by atoms with van der Waals surface area (Å²) in [7, 11) is 0. The Kier molecular flexibility index (Phi) is 7.18. The molecule has 0 aliphatic heterocycles. The fraction of sp³-hybridized carbons (Fsp3) is 0.571. The Labute approximate surface area is 89.4 Å². The first kappa shape index (κ1) is 13.2. The van der Waals surface area contributed by atoms with Crippen LogP contribution in [0.15, 0.2) is 36.5 Å². The van der Waals surface area contributed by atoms with E-state index in [9.17, 15) is 0 Å². The van der Waals surface area contributed by atoms with Crippen LogP contribution in [-0.4, -0.2) is 0 Å². The molecule has 14 heavy (non-hydrogen) atoms. The van der Waals surface area contributed by atoms with Crippen LogP contribution in [0.5, 0.6) is 0 Å². The summed E-state index contributed by atoms with van der Waals surface area (Å²) in [4.78, 5) is 0. The number of rotatable bonds is 7. The maximum absolute atomic E-state index is 4.11. The molecule has 80 valence electrons. The van der Waals surface area contributed by atoms with Gasteiger partial charge in [-0.15, -0.1) is 6.58 Å². The van der Waals surface area contributed by atoms with E-state index in [1.165, 1.54) is 24.0 Å². The second kappa shape index (κ2) is 7.61. The Balaban J connectivity index is 4.07. The SMILES string of the molecule is C=CCC(C)C=C(C)C(=C)CCCC. The molecular weight excluding hydrogens is 168 g/mol. The van der Waals surface area contributed by atoms with Gasteiger partial charge < -0.3 is 0 Å². The van der Waals surface area contributed by atoms with E-state index in [-0.39, 0.29) is 0 Å². The van der Waals surface area contributed by atoms with Crippen molar-refractivity contribution in [2.75, 3.05) is 0 Å². The van der Waals surface area contributed by atoms with Crippen LogP contribution >= 0.6 is 0 Å². The van der Waals surface area contributed by atoms with Gasteiger partial charge in [-0.1, -0.05) is 50.1 Å². The largest absolute Gasteiger partial charge is 0.103 e. The van der Waals surface area contributed by atoms with Crippen LogP contribution in [0, 0.1) is 5.92 Å². The third-order valence-corrected chi connectivity index (χ3v) is 2.46. The van der Waals surface area contributed by atoms with Crippen molar-refractivity contribution in [3.05, 3.63) is 36.5 Å². The average Bonchev–Trinajstić information content (AvgIpc) is 2.14. The Morgan fingerprint density at radius 3 is 2.57 bits per heavy atom. The molecule has 0 bridgehead atoms. The Bertz CT molecular complexity index is 208. The van der Waals surface area contributed by atoms with E-state index in [0.29, 0.717) is 5.92 Å². The minimum Gasteiger partial charge on any atom is -0.103 e. The summed E-state index contributed by atoms with van der Waals surface area (Å²) in [5.74, 6) is 0.589. The molecule has 0 rings (SSSR count). The Morgan fingerprint density at radius 2 is 2.07 bits per heavy atom. The van der Waals surface area contributed by atoms with Crippen LogP contribution in [0.3, 0.4) is 0 Å². The molecule has 0 heteroatoms. The highest BCUT2D eigenvalue weighted by molar-refractivity contribution is 5.26. The van der Waals surface area contributed by atoms with E-state index in [2.05, 4.69) is 40.0 Å². The molecule has 0 aromatic carbocycles. The van der Waals surface area contributed by atoms with E-state index in [1.54, 1.807) is 0 Å². The molecular formula is C14H24. The van der Waals surface area contributed by atoms with Crippen LogP contribution in [-0.2, 0) is 0 Å². The highest BCUT2D eigenvalue weighted by Gasteiger charge is 1.99. The Hall–Kier alpha value is -0.780. The van der Waals surface area contributed by atoms with Crippen LogP contribution in [0.4, 0.5) is 0 Å². The monoisotopic (exact) mass is 192 g/mol. The van der Waals surface area contributed by atoms with Gasteiger partial charge in [0.15, 0.2) is 0 Å². The van der Waals surface area contributed by atoms with Gasteiger partial charge >= 0.3 is 0 Å². The van der Waals surface area contributed by atoms with Gasteiger partial charge in [0.25, 0.3) is 0 Å². The molecule has 0 heterocycles.